The van der Waals surface area contributed by atoms with E-state index in [0.29, 0.717) is 11.5 Å². The molecule has 3 N–H and O–H groups in total. The van der Waals surface area contributed by atoms with Crippen molar-refractivity contribution in [2.45, 2.75) is 38.6 Å². The van der Waals surface area contributed by atoms with Gasteiger partial charge in [0.15, 0.2) is 0 Å². The number of hydrogen-bond donors (Lipinski definition) is 3. The van der Waals surface area contributed by atoms with Crippen LogP contribution in [-0.4, -0.2) is 35.2 Å². The number of hydrogen-bond acceptors (Lipinski definition) is 3. The van der Waals surface area contributed by atoms with Crippen LogP contribution < -0.4 is 10.6 Å². The van der Waals surface area contributed by atoms with Gasteiger partial charge in [0.2, 0.25) is 0 Å². The van der Waals surface area contributed by atoms with Gasteiger partial charge in [0, 0.05) is 18.5 Å². The Kier molecular flexibility index (Phi) is 3.78. The molecule has 1 aromatic heterocycles. The molecule has 1 amide bonds. The molecule has 94 valence electrons. The van der Waals surface area contributed by atoms with E-state index in [4.69, 9.17) is 0 Å². The van der Waals surface area contributed by atoms with Gasteiger partial charge in [-0.05, 0) is 33.2 Å². The van der Waals surface area contributed by atoms with Gasteiger partial charge in [0.25, 0.3) is 5.91 Å². The third kappa shape index (κ3) is 2.85. The lowest BCUT2D eigenvalue weighted by Crippen LogP contribution is -2.33. The first-order valence-electron chi connectivity index (χ1n) is 6.23. The van der Waals surface area contributed by atoms with E-state index in [9.17, 15) is 4.79 Å². The van der Waals surface area contributed by atoms with Crippen LogP contribution in [0.25, 0.3) is 0 Å². The third-order valence-electron chi connectivity index (χ3n) is 3.04. The van der Waals surface area contributed by atoms with Crippen molar-refractivity contribution >= 4 is 5.91 Å². The summed E-state index contributed by atoms with van der Waals surface area (Å²) in [6.07, 6.45) is 3.88. The van der Waals surface area contributed by atoms with Crippen LogP contribution in [0.3, 0.4) is 0 Å². The summed E-state index contributed by atoms with van der Waals surface area (Å²) in [5.41, 5.74) is 1.66. The van der Waals surface area contributed by atoms with Gasteiger partial charge in [-0.3, -0.25) is 9.89 Å². The van der Waals surface area contributed by atoms with Crippen LogP contribution in [0.4, 0.5) is 0 Å². The molecule has 17 heavy (non-hydrogen) atoms. The lowest BCUT2D eigenvalue weighted by atomic mass is 9.93. The molecule has 5 nitrogen and oxygen atoms in total. The first-order chi connectivity index (χ1) is 8.18. The van der Waals surface area contributed by atoms with Gasteiger partial charge >= 0.3 is 0 Å². The average molecular weight is 236 g/mol. The zero-order chi connectivity index (χ0) is 12.3. The molecule has 0 aliphatic carbocycles. The minimum Gasteiger partial charge on any atom is -0.350 e. The number of amides is 1. The minimum absolute atomic E-state index is 0.0330. The Morgan fingerprint density at radius 1 is 1.59 bits per heavy atom. The largest absolute Gasteiger partial charge is 0.350 e. The summed E-state index contributed by atoms with van der Waals surface area (Å²) in [5.74, 6) is 0.341. The van der Waals surface area contributed by atoms with Crippen molar-refractivity contribution in [3.63, 3.8) is 0 Å². The molecule has 0 radical (unpaired) electrons. The van der Waals surface area contributed by atoms with Crippen molar-refractivity contribution in [2.24, 2.45) is 0 Å². The summed E-state index contributed by atoms with van der Waals surface area (Å²) in [5, 5.41) is 13.2. The van der Waals surface area contributed by atoms with Crippen molar-refractivity contribution in [3.8, 4) is 0 Å². The van der Waals surface area contributed by atoms with Gasteiger partial charge in [-0.15, -0.1) is 0 Å². The average Bonchev–Trinajstić information content (AvgIpc) is 2.78. The van der Waals surface area contributed by atoms with E-state index < -0.39 is 0 Å². The van der Waals surface area contributed by atoms with Crippen LogP contribution in [0, 0.1) is 0 Å². The minimum atomic E-state index is -0.0330. The summed E-state index contributed by atoms with van der Waals surface area (Å²) in [4.78, 5) is 12.0. The fourth-order valence-corrected chi connectivity index (χ4v) is 2.23. The Labute approximate surface area is 101 Å². The molecule has 0 spiro atoms. The number of nitrogens with zero attached hydrogens (tertiary/aromatic N) is 1. The third-order valence-corrected chi connectivity index (χ3v) is 3.04. The number of rotatable bonds is 3. The molecule has 1 fully saturated rings. The fraction of sp³-hybridized carbons (Fsp3) is 0.667. The number of aromatic amines is 1. The maximum Gasteiger partial charge on any atom is 0.254 e. The highest BCUT2D eigenvalue weighted by molar-refractivity contribution is 5.95. The Hall–Kier alpha value is -1.36. The lowest BCUT2D eigenvalue weighted by Gasteiger charge is -2.22. The van der Waals surface area contributed by atoms with E-state index in [0.717, 1.165) is 31.6 Å². The van der Waals surface area contributed by atoms with E-state index in [2.05, 4.69) is 20.8 Å². The maximum absolute atomic E-state index is 12.0. The number of H-pyrrole nitrogens is 1. The van der Waals surface area contributed by atoms with Crippen LogP contribution in [0.5, 0.6) is 0 Å². The second-order valence-electron chi connectivity index (χ2n) is 4.87. The number of nitrogens with one attached hydrogen (secondary N) is 3. The Morgan fingerprint density at radius 2 is 2.41 bits per heavy atom. The molecule has 1 aromatic rings. The van der Waals surface area contributed by atoms with Gasteiger partial charge in [-0.25, -0.2) is 0 Å². The van der Waals surface area contributed by atoms with Gasteiger partial charge in [0.1, 0.15) is 0 Å². The normalized spacial score (nSPS) is 20.5. The molecule has 0 aromatic carbocycles. The molecule has 5 heteroatoms. The predicted octanol–water partition coefficient (Wildman–Crippen LogP) is 1.01. The number of piperidine rings is 1. The van der Waals surface area contributed by atoms with E-state index in [1.54, 1.807) is 6.20 Å². The predicted molar refractivity (Wildman–Crippen MR) is 66.0 cm³/mol. The van der Waals surface area contributed by atoms with Crippen molar-refractivity contribution < 1.29 is 4.79 Å². The van der Waals surface area contributed by atoms with E-state index in [1.165, 1.54) is 0 Å². The molecule has 1 unspecified atom stereocenters. The van der Waals surface area contributed by atoms with Crippen LogP contribution >= 0.6 is 0 Å². The van der Waals surface area contributed by atoms with Crippen LogP contribution in [0.15, 0.2) is 6.20 Å². The Bertz CT molecular complexity index is 380. The molecule has 2 rings (SSSR count). The van der Waals surface area contributed by atoms with Crippen molar-refractivity contribution in [2.75, 3.05) is 13.1 Å². The van der Waals surface area contributed by atoms with E-state index in [-0.39, 0.29) is 11.9 Å². The van der Waals surface area contributed by atoms with Gasteiger partial charge in [0.05, 0.1) is 17.5 Å². The summed E-state index contributed by atoms with van der Waals surface area (Å²) in [6, 6.07) is 0.148. The summed E-state index contributed by atoms with van der Waals surface area (Å²) in [7, 11) is 0. The van der Waals surface area contributed by atoms with E-state index >= 15 is 0 Å². The van der Waals surface area contributed by atoms with E-state index in [1.807, 2.05) is 13.8 Å². The molecule has 0 bridgehead atoms. The monoisotopic (exact) mass is 236 g/mol. The summed E-state index contributed by atoms with van der Waals surface area (Å²) in [6.45, 7) is 5.90. The first kappa shape index (κ1) is 12.1. The zero-order valence-corrected chi connectivity index (χ0v) is 10.4. The molecule has 0 saturated carbocycles. The van der Waals surface area contributed by atoms with Gasteiger partial charge in [-0.1, -0.05) is 0 Å². The Balaban J connectivity index is 2.12. The summed E-state index contributed by atoms with van der Waals surface area (Å²) < 4.78 is 0. The standard InChI is InChI=1S/C12H20N4O/c1-8(2)15-12(17)10-7-14-16-11(10)9-4-3-5-13-6-9/h7-9,13H,3-6H2,1-2H3,(H,14,16)(H,15,17). The Morgan fingerprint density at radius 3 is 3.06 bits per heavy atom. The second-order valence-corrected chi connectivity index (χ2v) is 4.87. The first-order valence-corrected chi connectivity index (χ1v) is 6.23. The topological polar surface area (TPSA) is 69.8 Å². The fourth-order valence-electron chi connectivity index (χ4n) is 2.23. The number of carbonyl (C=O) groups excluding carboxylic acids is 1. The quantitative estimate of drug-likeness (QED) is 0.733. The van der Waals surface area contributed by atoms with Crippen LogP contribution in [-0.2, 0) is 0 Å². The van der Waals surface area contributed by atoms with Crippen LogP contribution in [0.1, 0.15) is 48.7 Å². The van der Waals surface area contributed by atoms with Crippen molar-refractivity contribution in [1.82, 2.24) is 20.8 Å². The van der Waals surface area contributed by atoms with Crippen molar-refractivity contribution in [3.05, 3.63) is 17.5 Å². The highest BCUT2D eigenvalue weighted by Crippen LogP contribution is 2.24. The highest BCUT2D eigenvalue weighted by Gasteiger charge is 2.23. The smallest absolute Gasteiger partial charge is 0.254 e. The maximum atomic E-state index is 12.0. The summed E-state index contributed by atoms with van der Waals surface area (Å²) >= 11 is 0. The number of carbonyl (C=O) groups is 1. The lowest BCUT2D eigenvalue weighted by molar-refractivity contribution is 0.0941. The molecule has 1 aliphatic rings. The van der Waals surface area contributed by atoms with Gasteiger partial charge in [-0.2, -0.15) is 5.10 Å². The molecular formula is C12H20N4O. The molecule has 1 saturated heterocycles. The van der Waals surface area contributed by atoms with Crippen molar-refractivity contribution in [1.29, 1.82) is 0 Å². The molecule has 2 heterocycles. The second kappa shape index (κ2) is 5.31. The SMILES string of the molecule is CC(C)NC(=O)c1cn[nH]c1C1CCCNC1. The zero-order valence-electron chi connectivity index (χ0n) is 10.4. The highest BCUT2D eigenvalue weighted by atomic mass is 16.1. The molecule has 1 aliphatic heterocycles. The van der Waals surface area contributed by atoms with Crippen LogP contribution in [0.2, 0.25) is 0 Å². The molecule has 1 atom stereocenters. The molecular weight excluding hydrogens is 216 g/mol. The number of aromatic nitrogens is 2. The van der Waals surface area contributed by atoms with Gasteiger partial charge < -0.3 is 10.6 Å².